The van der Waals surface area contributed by atoms with Crippen molar-refractivity contribution in [3.8, 4) is 0 Å². The molecule has 0 spiro atoms. The van der Waals surface area contributed by atoms with Crippen molar-refractivity contribution in [2.75, 3.05) is 6.61 Å². The van der Waals surface area contributed by atoms with Crippen LogP contribution in [0.4, 0.5) is 17.6 Å². The Morgan fingerprint density at radius 1 is 1.22 bits per heavy atom. The van der Waals surface area contributed by atoms with Crippen LogP contribution in [0.5, 0.6) is 0 Å². The number of pyridine rings is 1. The van der Waals surface area contributed by atoms with Crippen molar-refractivity contribution in [2.24, 2.45) is 0 Å². The molecule has 2 atom stereocenters. The number of hydrogen-bond acceptors (Lipinski definition) is 3. The maximum absolute atomic E-state index is 13.2. The number of aromatic nitrogens is 1. The molecule has 1 aliphatic rings. The molecule has 1 N–H and O–H groups in total. The molecule has 3 rings (SSSR count). The Balaban J connectivity index is 1.85. The van der Waals surface area contributed by atoms with Crippen molar-refractivity contribution in [3.05, 3.63) is 64.7 Å². The van der Waals surface area contributed by atoms with Gasteiger partial charge in [0.25, 0.3) is 5.91 Å². The predicted octanol–water partition coefficient (Wildman–Crippen LogP) is 4.20. The Hall–Kier alpha value is -2.48. The summed E-state index contributed by atoms with van der Waals surface area (Å²) in [6, 6.07) is 7.03. The number of nitrogens with zero attached hydrogens (tertiary/aromatic N) is 1. The summed E-state index contributed by atoms with van der Waals surface area (Å²) in [6.45, 7) is 1.90. The first-order valence-electron chi connectivity index (χ1n) is 8.48. The van der Waals surface area contributed by atoms with Gasteiger partial charge >= 0.3 is 6.18 Å². The summed E-state index contributed by atoms with van der Waals surface area (Å²) in [5.74, 6) is -0.961. The van der Waals surface area contributed by atoms with E-state index in [0.29, 0.717) is 18.6 Å². The first-order chi connectivity index (χ1) is 12.8. The number of amides is 1. The van der Waals surface area contributed by atoms with E-state index in [0.717, 1.165) is 18.6 Å². The molecule has 0 radical (unpaired) electrons. The molecular formula is C19H18F4N2O2. The van der Waals surface area contributed by atoms with Crippen molar-refractivity contribution >= 4 is 5.91 Å². The number of halogens is 4. The second-order valence-corrected chi connectivity index (χ2v) is 6.38. The van der Waals surface area contributed by atoms with Gasteiger partial charge in [-0.15, -0.1) is 0 Å². The molecular weight excluding hydrogens is 364 g/mol. The van der Waals surface area contributed by atoms with Gasteiger partial charge in [0.15, 0.2) is 0 Å². The van der Waals surface area contributed by atoms with Gasteiger partial charge in [0, 0.05) is 6.61 Å². The van der Waals surface area contributed by atoms with Crippen molar-refractivity contribution in [1.29, 1.82) is 0 Å². The van der Waals surface area contributed by atoms with Gasteiger partial charge in [-0.3, -0.25) is 4.79 Å². The molecule has 1 aromatic heterocycles. The second kappa shape index (κ2) is 7.64. The number of ether oxygens (including phenoxy) is 1. The van der Waals surface area contributed by atoms with Crippen LogP contribution in [-0.4, -0.2) is 23.6 Å². The number of carbonyl (C=O) groups excluding carboxylic acids is 1. The summed E-state index contributed by atoms with van der Waals surface area (Å²) in [5, 5.41) is 2.80. The Labute approximate surface area is 153 Å². The maximum atomic E-state index is 13.2. The molecule has 2 aromatic rings. The quantitative estimate of drug-likeness (QED) is 0.807. The standard InChI is InChI=1S/C19H18F4N2O2/c1-11-14(8-9-16(24-11)19(21,22)23)18(26)25-17(15-3-2-10-27-15)12-4-6-13(20)7-5-12/h4-9,15,17H,2-3,10H2,1H3,(H,25,26). The highest BCUT2D eigenvalue weighted by molar-refractivity contribution is 5.95. The summed E-state index contributed by atoms with van der Waals surface area (Å²) >= 11 is 0. The van der Waals surface area contributed by atoms with Crippen LogP contribution in [0.3, 0.4) is 0 Å². The van der Waals surface area contributed by atoms with Gasteiger partial charge in [-0.05, 0) is 49.6 Å². The molecule has 1 aromatic carbocycles. The first-order valence-corrected chi connectivity index (χ1v) is 8.48. The third kappa shape index (κ3) is 4.44. The van der Waals surface area contributed by atoms with Crippen LogP contribution in [-0.2, 0) is 10.9 Å². The molecule has 0 bridgehead atoms. The summed E-state index contributed by atoms with van der Waals surface area (Å²) in [5.41, 5.74) is -0.361. The molecule has 4 nitrogen and oxygen atoms in total. The van der Waals surface area contributed by atoms with E-state index in [1.165, 1.54) is 19.1 Å². The molecule has 2 heterocycles. The minimum Gasteiger partial charge on any atom is -0.376 e. The van der Waals surface area contributed by atoms with Crippen LogP contribution in [0, 0.1) is 12.7 Å². The van der Waals surface area contributed by atoms with Gasteiger partial charge in [0.1, 0.15) is 11.5 Å². The molecule has 1 saturated heterocycles. The van der Waals surface area contributed by atoms with Crippen molar-refractivity contribution in [2.45, 2.75) is 38.1 Å². The van der Waals surface area contributed by atoms with Crippen LogP contribution in [0.2, 0.25) is 0 Å². The lowest BCUT2D eigenvalue weighted by molar-refractivity contribution is -0.141. The van der Waals surface area contributed by atoms with E-state index < -0.39 is 29.6 Å². The number of benzene rings is 1. The van der Waals surface area contributed by atoms with Crippen molar-refractivity contribution in [1.82, 2.24) is 10.3 Å². The summed E-state index contributed by atoms with van der Waals surface area (Å²) in [4.78, 5) is 16.2. The smallest absolute Gasteiger partial charge is 0.376 e. The Kier molecular flexibility index (Phi) is 5.46. The number of rotatable bonds is 4. The van der Waals surface area contributed by atoms with Crippen LogP contribution in [0.25, 0.3) is 0 Å². The molecule has 2 unspecified atom stereocenters. The monoisotopic (exact) mass is 382 g/mol. The average Bonchev–Trinajstić information content (AvgIpc) is 3.14. The van der Waals surface area contributed by atoms with Crippen molar-refractivity contribution in [3.63, 3.8) is 0 Å². The highest BCUT2D eigenvalue weighted by Crippen LogP contribution is 2.30. The molecule has 1 amide bonds. The zero-order valence-corrected chi connectivity index (χ0v) is 14.5. The van der Waals surface area contributed by atoms with E-state index in [-0.39, 0.29) is 17.4 Å². The largest absolute Gasteiger partial charge is 0.433 e. The fourth-order valence-corrected chi connectivity index (χ4v) is 3.10. The summed E-state index contributed by atoms with van der Waals surface area (Å²) < 4.78 is 57.2. The summed E-state index contributed by atoms with van der Waals surface area (Å²) in [6.07, 6.45) is -3.32. The Morgan fingerprint density at radius 2 is 1.93 bits per heavy atom. The highest BCUT2D eigenvalue weighted by atomic mass is 19.4. The third-order valence-corrected chi connectivity index (χ3v) is 4.47. The lowest BCUT2D eigenvalue weighted by Gasteiger charge is -2.25. The SMILES string of the molecule is Cc1nc(C(F)(F)F)ccc1C(=O)NC(c1ccc(F)cc1)C1CCCO1. The van der Waals surface area contributed by atoms with Gasteiger partial charge in [-0.2, -0.15) is 13.2 Å². The molecule has 0 aliphatic carbocycles. The lowest BCUT2D eigenvalue weighted by atomic mass is 9.98. The minimum atomic E-state index is -4.58. The number of hydrogen-bond donors (Lipinski definition) is 1. The lowest BCUT2D eigenvalue weighted by Crippen LogP contribution is -2.36. The van der Waals surface area contributed by atoms with E-state index in [2.05, 4.69) is 10.3 Å². The normalized spacial score (nSPS) is 18.3. The van der Waals surface area contributed by atoms with Gasteiger partial charge in [0.05, 0.1) is 23.4 Å². The molecule has 144 valence electrons. The fourth-order valence-electron chi connectivity index (χ4n) is 3.10. The topological polar surface area (TPSA) is 51.2 Å². The van der Waals surface area contributed by atoms with E-state index in [9.17, 15) is 22.4 Å². The minimum absolute atomic E-state index is 0.0208. The fraction of sp³-hybridized carbons (Fsp3) is 0.368. The number of alkyl halides is 3. The summed E-state index contributed by atoms with van der Waals surface area (Å²) in [7, 11) is 0. The zero-order chi connectivity index (χ0) is 19.6. The molecule has 8 heteroatoms. The maximum Gasteiger partial charge on any atom is 0.433 e. The first kappa shape index (κ1) is 19.3. The van der Waals surface area contributed by atoms with E-state index in [1.54, 1.807) is 12.1 Å². The van der Waals surface area contributed by atoms with Gasteiger partial charge in [-0.1, -0.05) is 12.1 Å². The molecule has 1 fully saturated rings. The third-order valence-electron chi connectivity index (χ3n) is 4.47. The van der Waals surface area contributed by atoms with Gasteiger partial charge in [0.2, 0.25) is 0 Å². The van der Waals surface area contributed by atoms with Crippen LogP contribution in [0.1, 0.15) is 46.2 Å². The van der Waals surface area contributed by atoms with Crippen LogP contribution < -0.4 is 5.32 Å². The van der Waals surface area contributed by atoms with E-state index in [1.807, 2.05) is 0 Å². The number of aryl methyl sites for hydroxylation is 1. The van der Waals surface area contributed by atoms with Crippen molar-refractivity contribution < 1.29 is 27.1 Å². The molecule has 27 heavy (non-hydrogen) atoms. The van der Waals surface area contributed by atoms with Crippen LogP contribution in [0.15, 0.2) is 36.4 Å². The molecule has 1 aliphatic heterocycles. The highest BCUT2D eigenvalue weighted by Gasteiger charge is 2.34. The second-order valence-electron chi connectivity index (χ2n) is 6.38. The van der Waals surface area contributed by atoms with E-state index >= 15 is 0 Å². The molecule has 0 saturated carbocycles. The van der Waals surface area contributed by atoms with Crippen LogP contribution >= 0.6 is 0 Å². The predicted molar refractivity (Wildman–Crippen MR) is 89.6 cm³/mol. The number of carbonyl (C=O) groups is 1. The van der Waals surface area contributed by atoms with Gasteiger partial charge in [-0.25, -0.2) is 9.37 Å². The van der Waals surface area contributed by atoms with E-state index in [4.69, 9.17) is 4.74 Å². The van der Waals surface area contributed by atoms with Gasteiger partial charge < -0.3 is 10.1 Å². The average molecular weight is 382 g/mol. The Morgan fingerprint density at radius 3 is 2.48 bits per heavy atom. The Bertz CT molecular complexity index is 815. The zero-order valence-electron chi connectivity index (χ0n) is 14.5. The number of nitrogens with one attached hydrogen (secondary N) is 1.